The van der Waals surface area contributed by atoms with Gasteiger partial charge in [0.1, 0.15) is 5.60 Å². The second kappa shape index (κ2) is 4.83. The van der Waals surface area contributed by atoms with Crippen LogP contribution in [0.3, 0.4) is 0 Å². The Labute approximate surface area is 112 Å². The Morgan fingerprint density at radius 1 is 1.32 bits per heavy atom. The van der Waals surface area contributed by atoms with Crippen molar-refractivity contribution < 1.29 is 23.9 Å². The van der Waals surface area contributed by atoms with Gasteiger partial charge in [-0.15, -0.1) is 0 Å². The number of Topliss-reactive ketones (excluding diaryl/α,β-unsaturated/α-hetero) is 1. The zero-order valence-corrected chi connectivity index (χ0v) is 12.2. The first-order valence-electron chi connectivity index (χ1n) is 6.16. The van der Waals surface area contributed by atoms with Gasteiger partial charge >= 0.3 is 12.1 Å². The molecule has 6 nitrogen and oxygen atoms in total. The highest BCUT2D eigenvalue weighted by Gasteiger charge is 2.53. The molecule has 1 amide bonds. The molecule has 2 unspecified atom stereocenters. The van der Waals surface area contributed by atoms with Crippen LogP contribution in [-0.2, 0) is 19.1 Å². The van der Waals surface area contributed by atoms with Gasteiger partial charge in [-0.2, -0.15) is 0 Å². The van der Waals surface area contributed by atoms with E-state index in [-0.39, 0.29) is 5.78 Å². The number of esters is 1. The number of rotatable bonds is 2. The first-order chi connectivity index (χ1) is 8.45. The number of ether oxygens (including phenoxy) is 2. The van der Waals surface area contributed by atoms with Crippen molar-refractivity contribution in [3.05, 3.63) is 0 Å². The molecule has 0 spiro atoms. The summed E-state index contributed by atoms with van der Waals surface area (Å²) in [6, 6.07) is -0.729. The van der Waals surface area contributed by atoms with Crippen molar-refractivity contribution in [1.29, 1.82) is 0 Å². The molecule has 1 rings (SSSR count). The van der Waals surface area contributed by atoms with Crippen LogP contribution in [-0.4, -0.2) is 35.6 Å². The van der Waals surface area contributed by atoms with Crippen molar-refractivity contribution in [3.8, 4) is 0 Å². The van der Waals surface area contributed by atoms with E-state index in [0.717, 1.165) is 0 Å². The third kappa shape index (κ3) is 3.45. The fraction of sp³-hybridized carbons (Fsp3) is 0.769. The van der Waals surface area contributed by atoms with Gasteiger partial charge in [0.2, 0.25) is 0 Å². The van der Waals surface area contributed by atoms with Crippen LogP contribution in [0.4, 0.5) is 4.79 Å². The summed E-state index contributed by atoms with van der Waals surface area (Å²) in [7, 11) is 0. The summed E-state index contributed by atoms with van der Waals surface area (Å²) in [5, 5.41) is 2.56. The summed E-state index contributed by atoms with van der Waals surface area (Å²) in [5.74, 6) is -0.811. The molecule has 1 aliphatic heterocycles. The van der Waals surface area contributed by atoms with Gasteiger partial charge in [0.15, 0.2) is 11.9 Å². The summed E-state index contributed by atoms with van der Waals surface area (Å²) in [6.45, 7) is 9.77. The molecule has 0 saturated carbocycles. The van der Waals surface area contributed by atoms with E-state index in [1.54, 1.807) is 34.6 Å². The van der Waals surface area contributed by atoms with Crippen molar-refractivity contribution in [2.75, 3.05) is 0 Å². The lowest BCUT2D eigenvalue weighted by Crippen LogP contribution is -2.51. The van der Waals surface area contributed by atoms with Crippen LogP contribution in [0.25, 0.3) is 0 Å². The Hall–Kier alpha value is -1.59. The Balaban J connectivity index is 2.86. The number of hydrogen-bond acceptors (Lipinski definition) is 5. The lowest BCUT2D eigenvalue weighted by Gasteiger charge is -2.27. The molecule has 1 N–H and O–H groups in total. The average molecular weight is 271 g/mol. The molecule has 6 heteroatoms. The van der Waals surface area contributed by atoms with E-state index in [9.17, 15) is 14.4 Å². The van der Waals surface area contributed by atoms with Crippen LogP contribution in [0.15, 0.2) is 0 Å². The maximum Gasteiger partial charge on any atom is 0.408 e. The second-order valence-electron chi connectivity index (χ2n) is 6.28. The maximum atomic E-state index is 11.8. The number of carbonyl (C=O) groups excluding carboxylic acids is 3. The number of carbonyl (C=O) groups is 3. The van der Waals surface area contributed by atoms with Gasteiger partial charge in [0.25, 0.3) is 0 Å². The van der Waals surface area contributed by atoms with Crippen molar-refractivity contribution in [2.24, 2.45) is 5.41 Å². The minimum atomic E-state index is -0.965. The van der Waals surface area contributed by atoms with E-state index < -0.39 is 35.2 Å². The van der Waals surface area contributed by atoms with E-state index >= 15 is 0 Å². The van der Waals surface area contributed by atoms with E-state index in [1.165, 1.54) is 6.92 Å². The largest absolute Gasteiger partial charge is 0.452 e. The molecule has 0 bridgehead atoms. The van der Waals surface area contributed by atoms with Crippen LogP contribution < -0.4 is 5.32 Å². The Morgan fingerprint density at radius 2 is 1.84 bits per heavy atom. The molecule has 0 aliphatic carbocycles. The molecule has 0 aromatic heterocycles. The average Bonchev–Trinajstić information content (AvgIpc) is 2.39. The minimum Gasteiger partial charge on any atom is -0.452 e. The number of alkyl carbamates (subject to hydrolysis) is 1. The van der Waals surface area contributed by atoms with Gasteiger partial charge in [0.05, 0.1) is 11.5 Å². The monoisotopic (exact) mass is 271 g/mol. The SMILES string of the molecule is CC(=O)C1OC(=O)C(C)(C)C1NC(=O)OC(C)(C)C. The molecule has 0 radical (unpaired) electrons. The van der Waals surface area contributed by atoms with E-state index in [0.29, 0.717) is 0 Å². The fourth-order valence-electron chi connectivity index (χ4n) is 1.85. The summed E-state index contributed by atoms with van der Waals surface area (Å²) in [5.41, 5.74) is -1.61. The minimum absolute atomic E-state index is 0.306. The molecule has 1 fully saturated rings. The Morgan fingerprint density at radius 3 is 2.26 bits per heavy atom. The van der Waals surface area contributed by atoms with Gasteiger partial charge in [-0.1, -0.05) is 0 Å². The summed E-state index contributed by atoms with van der Waals surface area (Å²) in [4.78, 5) is 35.0. The van der Waals surface area contributed by atoms with Gasteiger partial charge in [-0.3, -0.25) is 9.59 Å². The van der Waals surface area contributed by atoms with Crippen LogP contribution in [0.1, 0.15) is 41.5 Å². The third-order valence-corrected chi connectivity index (χ3v) is 2.91. The summed E-state index contributed by atoms with van der Waals surface area (Å²) >= 11 is 0. The summed E-state index contributed by atoms with van der Waals surface area (Å²) in [6.07, 6.45) is -1.63. The standard InChI is InChI=1S/C13H21NO5/c1-7(15)8-9(13(5,6)10(16)18-8)14-11(17)19-12(2,3)4/h8-9H,1-6H3,(H,14,17). The number of hydrogen-bond donors (Lipinski definition) is 1. The zero-order valence-electron chi connectivity index (χ0n) is 12.2. The predicted molar refractivity (Wildman–Crippen MR) is 67.5 cm³/mol. The summed E-state index contributed by atoms with van der Waals surface area (Å²) < 4.78 is 10.2. The topological polar surface area (TPSA) is 81.7 Å². The van der Waals surface area contributed by atoms with Crippen LogP contribution >= 0.6 is 0 Å². The molecule has 1 heterocycles. The smallest absolute Gasteiger partial charge is 0.408 e. The Kier molecular flexibility index (Phi) is 3.93. The molecular weight excluding hydrogens is 250 g/mol. The molecule has 0 aromatic rings. The zero-order chi connectivity index (χ0) is 15.0. The number of cyclic esters (lactones) is 1. The van der Waals surface area contributed by atoms with Crippen molar-refractivity contribution in [3.63, 3.8) is 0 Å². The van der Waals surface area contributed by atoms with Gasteiger partial charge < -0.3 is 14.8 Å². The van der Waals surface area contributed by atoms with Crippen LogP contribution in [0.2, 0.25) is 0 Å². The number of nitrogens with one attached hydrogen (secondary N) is 1. The lowest BCUT2D eigenvalue weighted by atomic mass is 9.83. The lowest BCUT2D eigenvalue weighted by molar-refractivity contribution is -0.150. The highest BCUT2D eigenvalue weighted by atomic mass is 16.6. The predicted octanol–water partition coefficient (Wildman–Crippen LogP) is 1.42. The highest BCUT2D eigenvalue weighted by molar-refractivity contribution is 5.91. The van der Waals surface area contributed by atoms with Crippen LogP contribution in [0, 0.1) is 5.41 Å². The first-order valence-corrected chi connectivity index (χ1v) is 6.16. The van der Waals surface area contributed by atoms with Crippen molar-refractivity contribution in [2.45, 2.75) is 59.3 Å². The van der Waals surface area contributed by atoms with E-state index in [1.807, 2.05) is 0 Å². The number of amides is 1. The van der Waals surface area contributed by atoms with E-state index in [4.69, 9.17) is 9.47 Å². The molecule has 2 atom stereocenters. The first kappa shape index (κ1) is 15.5. The maximum absolute atomic E-state index is 11.8. The van der Waals surface area contributed by atoms with Gasteiger partial charge in [0, 0.05) is 0 Å². The Bertz CT molecular complexity index is 408. The molecular formula is C13H21NO5. The quantitative estimate of drug-likeness (QED) is 0.768. The molecule has 19 heavy (non-hydrogen) atoms. The van der Waals surface area contributed by atoms with E-state index in [2.05, 4.69) is 5.32 Å². The van der Waals surface area contributed by atoms with Crippen molar-refractivity contribution >= 4 is 17.8 Å². The second-order valence-corrected chi connectivity index (χ2v) is 6.28. The molecule has 0 aromatic carbocycles. The fourth-order valence-corrected chi connectivity index (χ4v) is 1.85. The van der Waals surface area contributed by atoms with Crippen LogP contribution in [0.5, 0.6) is 0 Å². The molecule has 1 saturated heterocycles. The normalized spacial score (nSPS) is 25.7. The number of ketones is 1. The highest BCUT2D eigenvalue weighted by Crippen LogP contribution is 2.34. The molecule has 1 aliphatic rings. The van der Waals surface area contributed by atoms with Crippen molar-refractivity contribution in [1.82, 2.24) is 5.32 Å². The van der Waals surface area contributed by atoms with Gasteiger partial charge in [-0.25, -0.2) is 4.79 Å². The third-order valence-electron chi connectivity index (χ3n) is 2.91. The van der Waals surface area contributed by atoms with Gasteiger partial charge in [-0.05, 0) is 41.5 Å². The molecule has 108 valence electrons.